The van der Waals surface area contributed by atoms with Gasteiger partial charge in [-0.3, -0.25) is 4.68 Å². The largest absolute Gasteiger partial charge is 0.312 e. The lowest BCUT2D eigenvalue weighted by Gasteiger charge is -2.29. The summed E-state index contributed by atoms with van der Waals surface area (Å²) in [4.78, 5) is 0. The third-order valence-corrected chi connectivity index (χ3v) is 4.39. The molecule has 0 saturated heterocycles. The van der Waals surface area contributed by atoms with E-state index in [1.165, 1.54) is 36.6 Å². The first-order valence-electron chi connectivity index (χ1n) is 7.48. The zero-order valence-electron chi connectivity index (χ0n) is 11.7. The molecule has 2 aromatic rings. The molecule has 0 aliphatic heterocycles. The van der Waals surface area contributed by atoms with E-state index in [1.807, 2.05) is 6.20 Å². The molecule has 0 radical (unpaired) electrons. The number of para-hydroxylation sites is 1. The topological polar surface area (TPSA) is 29.9 Å². The Morgan fingerprint density at radius 3 is 3.00 bits per heavy atom. The number of benzene rings is 1. The van der Waals surface area contributed by atoms with Gasteiger partial charge < -0.3 is 5.32 Å². The molecule has 19 heavy (non-hydrogen) atoms. The minimum Gasteiger partial charge on any atom is -0.312 e. The lowest BCUT2D eigenvalue weighted by Crippen LogP contribution is -2.38. The first kappa shape index (κ1) is 12.7. The molecule has 0 spiro atoms. The Labute approximate surface area is 115 Å². The van der Waals surface area contributed by atoms with Crippen molar-refractivity contribution in [2.24, 2.45) is 5.92 Å². The molecule has 2 atom stereocenters. The summed E-state index contributed by atoms with van der Waals surface area (Å²) >= 11 is 0. The number of hydrogen-bond acceptors (Lipinski definition) is 2. The Kier molecular flexibility index (Phi) is 3.83. The highest BCUT2D eigenvalue weighted by atomic mass is 15.3. The maximum Gasteiger partial charge on any atom is 0.0682 e. The van der Waals surface area contributed by atoms with E-state index in [-0.39, 0.29) is 0 Å². The van der Waals surface area contributed by atoms with E-state index in [1.54, 1.807) is 0 Å². The monoisotopic (exact) mass is 257 g/mol. The summed E-state index contributed by atoms with van der Waals surface area (Å²) < 4.78 is 2.11. The van der Waals surface area contributed by atoms with E-state index in [4.69, 9.17) is 0 Å². The van der Waals surface area contributed by atoms with Gasteiger partial charge in [0.25, 0.3) is 0 Å². The van der Waals surface area contributed by atoms with E-state index < -0.39 is 0 Å². The Morgan fingerprint density at radius 1 is 1.26 bits per heavy atom. The van der Waals surface area contributed by atoms with Crippen LogP contribution < -0.4 is 5.32 Å². The predicted molar refractivity (Wildman–Crippen MR) is 79.2 cm³/mol. The number of aromatic nitrogens is 2. The van der Waals surface area contributed by atoms with Crippen molar-refractivity contribution in [2.75, 3.05) is 6.54 Å². The van der Waals surface area contributed by atoms with Gasteiger partial charge in [-0.15, -0.1) is 0 Å². The van der Waals surface area contributed by atoms with Crippen molar-refractivity contribution in [3.63, 3.8) is 0 Å². The van der Waals surface area contributed by atoms with E-state index in [2.05, 4.69) is 46.3 Å². The number of nitrogens with zero attached hydrogens (tertiary/aromatic N) is 2. The molecule has 0 amide bonds. The molecule has 102 valence electrons. The Bertz CT molecular complexity index is 532. The van der Waals surface area contributed by atoms with Crippen LogP contribution >= 0.6 is 0 Å². The zero-order chi connectivity index (χ0) is 13.1. The standard InChI is InChI=1S/C16H23N3/c1-13-6-2-4-8-15(13)17-10-11-19-16-9-5-3-7-14(16)12-18-19/h3,5,7,9,12-13,15,17H,2,4,6,8,10-11H2,1H3. The second-order valence-electron chi connectivity index (χ2n) is 5.75. The van der Waals surface area contributed by atoms with Crippen LogP contribution in [0.2, 0.25) is 0 Å². The van der Waals surface area contributed by atoms with Gasteiger partial charge in [0.1, 0.15) is 0 Å². The molecule has 1 aromatic carbocycles. The Balaban J connectivity index is 1.57. The fraction of sp³-hybridized carbons (Fsp3) is 0.562. The molecule has 2 unspecified atom stereocenters. The SMILES string of the molecule is CC1CCCCC1NCCn1ncc2ccccc21. The average molecular weight is 257 g/mol. The molecule has 1 N–H and O–H groups in total. The molecular formula is C16H23N3. The van der Waals surface area contributed by atoms with Gasteiger partial charge in [-0.1, -0.05) is 38.0 Å². The van der Waals surface area contributed by atoms with Crippen LogP contribution in [0.1, 0.15) is 32.6 Å². The van der Waals surface area contributed by atoms with Crippen LogP contribution in [-0.4, -0.2) is 22.4 Å². The summed E-state index contributed by atoms with van der Waals surface area (Å²) in [5.41, 5.74) is 1.24. The van der Waals surface area contributed by atoms with E-state index >= 15 is 0 Å². The molecular weight excluding hydrogens is 234 g/mol. The normalized spacial score (nSPS) is 23.8. The van der Waals surface area contributed by atoms with Gasteiger partial charge in [-0.2, -0.15) is 5.10 Å². The van der Waals surface area contributed by atoms with Crippen LogP contribution in [0.4, 0.5) is 0 Å². The molecule has 3 nitrogen and oxygen atoms in total. The van der Waals surface area contributed by atoms with E-state index in [0.29, 0.717) is 6.04 Å². The van der Waals surface area contributed by atoms with Gasteiger partial charge in [-0.05, 0) is 24.8 Å². The summed E-state index contributed by atoms with van der Waals surface area (Å²) in [6, 6.07) is 9.12. The highest BCUT2D eigenvalue weighted by molar-refractivity contribution is 5.78. The second-order valence-corrected chi connectivity index (χ2v) is 5.75. The zero-order valence-corrected chi connectivity index (χ0v) is 11.7. The maximum atomic E-state index is 4.47. The van der Waals surface area contributed by atoms with Crippen LogP contribution in [-0.2, 0) is 6.54 Å². The van der Waals surface area contributed by atoms with Crippen LogP contribution in [0.5, 0.6) is 0 Å². The minimum absolute atomic E-state index is 0.704. The number of hydrogen-bond donors (Lipinski definition) is 1. The molecule has 1 aromatic heterocycles. The molecule has 3 heteroatoms. The summed E-state index contributed by atoms with van der Waals surface area (Å²) in [5.74, 6) is 0.822. The average Bonchev–Trinajstić information content (AvgIpc) is 2.85. The van der Waals surface area contributed by atoms with Crippen molar-refractivity contribution >= 4 is 10.9 Å². The Morgan fingerprint density at radius 2 is 2.11 bits per heavy atom. The fourth-order valence-corrected chi connectivity index (χ4v) is 3.18. The third-order valence-electron chi connectivity index (χ3n) is 4.39. The lowest BCUT2D eigenvalue weighted by atomic mass is 9.86. The predicted octanol–water partition coefficient (Wildman–Crippen LogP) is 3.20. The highest BCUT2D eigenvalue weighted by Crippen LogP contribution is 2.23. The fourth-order valence-electron chi connectivity index (χ4n) is 3.18. The summed E-state index contributed by atoms with van der Waals surface area (Å²) in [6.07, 6.45) is 7.46. The molecule has 3 rings (SSSR count). The maximum absolute atomic E-state index is 4.47. The first-order valence-corrected chi connectivity index (χ1v) is 7.48. The van der Waals surface area contributed by atoms with Gasteiger partial charge in [-0.25, -0.2) is 0 Å². The van der Waals surface area contributed by atoms with Gasteiger partial charge in [0, 0.05) is 18.0 Å². The first-order chi connectivity index (χ1) is 9.34. The number of nitrogens with one attached hydrogen (secondary N) is 1. The van der Waals surface area contributed by atoms with Crippen LogP contribution in [0, 0.1) is 5.92 Å². The molecule has 1 saturated carbocycles. The molecule has 1 aliphatic carbocycles. The van der Waals surface area contributed by atoms with Crippen LogP contribution in [0.25, 0.3) is 10.9 Å². The molecule has 0 bridgehead atoms. The van der Waals surface area contributed by atoms with Gasteiger partial charge in [0.05, 0.1) is 18.3 Å². The number of rotatable bonds is 4. The van der Waals surface area contributed by atoms with Crippen molar-refractivity contribution in [1.29, 1.82) is 0 Å². The van der Waals surface area contributed by atoms with Gasteiger partial charge in [0.2, 0.25) is 0 Å². The second kappa shape index (κ2) is 5.74. The van der Waals surface area contributed by atoms with Crippen molar-refractivity contribution in [3.8, 4) is 0 Å². The van der Waals surface area contributed by atoms with Gasteiger partial charge >= 0.3 is 0 Å². The van der Waals surface area contributed by atoms with E-state index in [0.717, 1.165) is 19.0 Å². The lowest BCUT2D eigenvalue weighted by molar-refractivity contribution is 0.277. The van der Waals surface area contributed by atoms with E-state index in [9.17, 15) is 0 Å². The van der Waals surface area contributed by atoms with Crippen molar-refractivity contribution < 1.29 is 0 Å². The minimum atomic E-state index is 0.704. The van der Waals surface area contributed by atoms with Crippen LogP contribution in [0.15, 0.2) is 30.5 Å². The van der Waals surface area contributed by atoms with Crippen LogP contribution in [0.3, 0.4) is 0 Å². The molecule has 1 heterocycles. The Hall–Kier alpha value is -1.35. The molecule has 1 aliphatic rings. The smallest absolute Gasteiger partial charge is 0.0682 e. The van der Waals surface area contributed by atoms with Gasteiger partial charge in [0.15, 0.2) is 0 Å². The summed E-state index contributed by atoms with van der Waals surface area (Å²) in [7, 11) is 0. The van der Waals surface area contributed by atoms with Crippen molar-refractivity contribution in [3.05, 3.63) is 30.5 Å². The quantitative estimate of drug-likeness (QED) is 0.911. The van der Waals surface area contributed by atoms with Crippen molar-refractivity contribution in [1.82, 2.24) is 15.1 Å². The third kappa shape index (κ3) is 2.81. The summed E-state index contributed by atoms with van der Waals surface area (Å²) in [6.45, 7) is 4.34. The summed E-state index contributed by atoms with van der Waals surface area (Å²) in [5, 5.41) is 9.42. The number of fused-ring (bicyclic) bond motifs is 1. The molecule has 1 fully saturated rings. The van der Waals surface area contributed by atoms with Crippen molar-refractivity contribution in [2.45, 2.75) is 45.2 Å². The highest BCUT2D eigenvalue weighted by Gasteiger charge is 2.20.